The van der Waals surface area contributed by atoms with E-state index in [1.165, 1.54) is 15.6 Å². The van der Waals surface area contributed by atoms with E-state index in [1.807, 2.05) is 54.6 Å². The van der Waals surface area contributed by atoms with Gasteiger partial charge < -0.3 is 0 Å². The van der Waals surface area contributed by atoms with Crippen LogP contribution < -0.4 is 10.9 Å². The summed E-state index contributed by atoms with van der Waals surface area (Å²) in [7, 11) is 0. The summed E-state index contributed by atoms with van der Waals surface area (Å²) in [5, 5.41) is 15.0. The normalized spacial score (nSPS) is 16.3. The summed E-state index contributed by atoms with van der Waals surface area (Å²) in [4.78, 5) is 26.7. The Morgan fingerprint density at radius 1 is 0.838 bits per heavy atom. The van der Waals surface area contributed by atoms with Crippen LogP contribution in [-0.4, -0.2) is 32.0 Å². The maximum Gasteiger partial charge on any atom is 0.269 e. The van der Waals surface area contributed by atoms with Crippen molar-refractivity contribution in [3.63, 3.8) is 0 Å². The monoisotopic (exact) mass is 488 g/mol. The number of nitrogens with one attached hydrogen (secondary N) is 2. The summed E-state index contributed by atoms with van der Waals surface area (Å²) in [6.07, 6.45) is 0.775. The van der Waals surface area contributed by atoms with Gasteiger partial charge >= 0.3 is 0 Å². The fraction of sp³-hybridized carbons (Fsp3) is 0.138. The number of benzene rings is 4. The molecule has 0 bridgehead atoms. The lowest BCUT2D eigenvalue weighted by Crippen LogP contribution is -2.42. The SMILES string of the molecule is O=C(NNC(=O)C1CC1c1ccc2ccccc2c1)c1ccc(Cn2nnc(-c3ccccc3)n2)cc1. The number of carbonyl (C=O) groups is 2. The summed E-state index contributed by atoms with van der Waals surface area (Å²) in [5.41, 5.74) is 8.54. The number of rotatable bonds is 6. The van der Waals surface area contributed by atoms with Gasteiger partial charge in [0.1, 0.15) is 0 Å². The first kappa shape index (κ1) is 22.6. The van der Waals surface area contributed by atoms with Crippen molar-refractivity contribution < 1.29 is 9.59 Å². The number of hydrogen-bond donors (Lipinski definition) is 2. The van der Waals surface area contributed by atoms with E-state index in [0.29, 0.717) is 17.9 Å². The van der Waals surface area contributed by atoms with Crippen molar-refractivity contribution in [2.75, 3.05) is 0 Å². The van der Waals surface area contributed by atoms with Gasteiger partial charge in [-0.3, -0.25) is 20.4 Å². The molecule has 2 unspecified atom stereocenters. The van der Waals surface area contributed by atoms with Gasteiger partial charge in [0.15, 0.2) is 0 Å². The molecule has 2 atom stereocenters. The summed E-state index contributed by atoms with van der Waals surface area (Å²) >= 11 is 0. The largest absolute Gasteiger partial charge is 0.273 e. The number of fused-ring (bicyclic) bond motifs is 1. The van der Waals surface area contributed by atoms with Gasteiger partial charge in [0, 0.05) is 17.0 Å². The van der Waals surface area contributed by atoms with Gasteiger partial charge in [-0.25, -0.2) is 0 Å². The van der Waals surface area contributed by atoms with E-state index in [0.717, 1.165) is 23.1 Å². The predicted octanol–water partition coefficient (Wildman–Crippen LogP) is 4.11. The number of nitrogens with zero attached hydrogens (tertiary/aromatic N) is 4. The van der Waals surface area contributed by atoms with E-state index in [9.17, 15) is 9.59 Å². The fourth-order valence-electron chi connectivity index (χ4n) is 4.51. The molecule has 1 aliphatic carbocycles. The molecule has 1 heterocycles. The lowest BCUT2D eigenvalue weighted by atomic mass is 10.0. The van der Waals surface area contributed by atoms with Crippen LogP contribution in [0.2, 0.25) is 0 Å². The van der Waals surface area contributed by atoms with Gasteiger partial charge in [-0.2, -0.15) is 4.80 Å². The van der Waals surface area contributed by atoms with Crippen LogP contribution in [0.3, 0.4) is 0 Å². The zero-order valence-corrected chi connectivity index (χ0v) is 19.9. The molecule has 8 nitrogen and oxygen atoms in total. The molecule has 1 fully saturated rings. The highest BCUT2D eigenvalue weighted by molar-refractivity contribution is 5.96. The van der Waals surface area contributed by atoms with Gasteiger partial charge in [-0.15, -0.1) is 10.2 Å². The van der Waals surface area contributed by atoms with E-state index in [2.05, 4.69) is 56.6 Å². The Bertz CT molecular complexity index is 1580. The van der Waals surface area contributed by atoms with Crippen molar-refractivity contribution in [1.29, 1.82) is 0 Å². The molecule has 8 heteroatoms. The molecule has 2 amide bonds. The summed E-state index contributed by atoms with van der Waals surface area (Å²) in [5.74, 6) is 0.0573. The Balaban J connectivity index is 1.01. The van der Waals surface area contributed by atoms with Crippen LogP contribution in [0.1, 0.15) is 33.8 Å². The summed E-state index contributed by atoms with van der Waals surface area (Å²) < 4.78 is 0. The minimum absolute atomic E-state index is 0.139. The minimum atomic E-state index is -0.368. The molecule has 1 aliphatic rings. The predicted molar refractivity (Wildman–Crippen MR) is 139 cm³/mol. The Labute approximate surface area is 213 Å². The first-order valence-electron chi connectivity index (χ1n) is 12.1. The lowest BCUT2D eigenvalue weighted by Gasteiger charge is -2.08. The van der Waals surface area contributed by atoms with Gasteiger partial charge in [-0.1, -0.05) is 84.9 Å². The van der Waals surface area contributed by atoms with Crippen LogP contribution in [0, 0.1) is 5.92 Å². The third-order valence-electron chi connectivity index (χ3n) is 6.65. The highest BCUT2D eigenvalue weighted by Gasteiger charge is 2.44. The van der Waals surface area contributed by atoms with Crippen molar-refractivity contribution in [2.24, 2.45) is 5.92 Å². The number of amides is 2. The van der Waals surface area contributed by atoms with Crippen molar-refractivity contribution in [2.45, 2.75) is 18.9 Å². The van der Waals surface area contributed by atoms with Crippen LogP contribution in [0.25, 0.3) is 22.2 Å². The molecule has 0 saturated heterocycles. The second kappa shape index (κ2) is 9.66. The summed E-state index contributed by atoms with van der Waals surface area (Å²) in [6.45, 7) is 0.427. The van der Waals surface area contributed by atoms with Gasteiger partial charge in [0.05, 0.1) is 6.54 Å². The van der Waals surface area contributed by atoms with E-state index in [4.69, 9.17) is 0 Å². The molecule has 37 heavy (non-hydrogen) atoms. The molecular formula is C29H24N6O2. The third kappa shape index (κ3) is 4.95. The zero-order chi connectivity index (χ0) is 25.2. The lowest BCUT2D eigenvalue weighted by molar-refractivity contribution is -0.123. The second-order valence-corrected chi connectivity index (χ2v) is 9.21. The first-order chi connectivity index (χ1) is 18.1. The smallest absolute Gasteiger partial charge is 0.269 e. The summed E-state index contributed by atoms with van der Waals surface area (Å²) in [6, 6.07) is 31.2. The van der Waals surface area contributed by atoms with E-state index >= 15 is 0 Å². The third-order valence-corrected chi connectivity index (χ3v) is 6.65. The number of hydrogen-bond acceptors (Lipinski definition) is 5. The van der Waals surface area contributed by atoms with E-state index < -0.39 is 0 Å². The average Bonchev–Trinajstić information content (AvgIpc) is 3.62. The van der Waals surface area contributed by atoms with Crippen LogP contribution in [0.15, 0.2) is 97.1 Å². The van der Waals surface area contributed by atoms with Crippen LogP contribution in [0.5, 0.6) is 0 Å². The highest BCUT2D eigenvalue weighted by atomic mass is 16.2. The Hall–Kier alpha value is -4.85. The van der Waals surface area contributed by atoms with Crippen molar-refractivity contribution in [3.8, 4) is 11.4 Å². The van der Waals surface area contributed by atoms with Crippen LogP contribution >= 0.6 is 0 Å². The van der Waals surface area contributed by atoms with Gasteiger partial charge in [0.25, 0.3) is 5.91 Å². The Kier molecular flexibility index (Phi) is 5.90. The van der Waals surface area contributed by atoms with Crippen LogP contribution in [-0.2, 0) is 11.3 Å². The van der Waals surface area contributed by atoms with Gasteiger partial charge in [-0.05, 0) is 51.6 Å². The number of aromatic nitrogens is 4. The molecular weight excluding hydrogens is 464 g/mol. The molecule has 0 aliphatic heterocycles. The van der Waals surface area contributed by atoms with Crippen LogP contribution in [0.4, 0.5) is 0 Å². The number of hydrazine groups is 1. The molecule has 2 N–H and O–H groups in total. The van der Waals surface area contributed by atoms with Gasteiger partial charge in [0.2, 0.25) is 11.7 Å². The molecule has 1 saturated carbocycles. The molecule has 182 valence electrons. The topological polar surface area (TPSA) is 102 Å². The second-order valence-electron chi connectivity index (χ2n) is 9.21. The quantitative estimate of drug-likeness (QED) is 0.350. The average molecular weight is 489 g/mol. The maximum absolute atomic E-state index is 12.6. The van der Waals surface area contributed by atoms with Crippen molar-refractivity contribution >= 4 is 22.6 Å². The Morgan fingerprint density at radius 3 is 2.41 bits per heavy atom. The Morgan fingerprint density at radius 2 is 1.59 bits per heavy atom. The molecule has 0 spiro atoms. The molecule has 1 aromatic heterocycles. The highest BCUT2D eigenvalue weighted by Crippen LogP contribution is 2.48. The number of carbonyl (C=O) groups excluding carboxylic acids is 2. The number of tetrazole rings is 1. The standard InChI is InChI=1S/C29H24N6O2/c36-28(31-32-29(37)26-17-25(26)24-15-14-20-6-4-5-9-23(20)16-24)22-12-10-19(11-13-22)18-35-33-27(30-34-35)21-7-2-1-3-8-21/h1-16,25-26H,17-18H2,(H,31,36)(H,32,37). The molecule has 0 radical (unpaired) electrons. The molecule has 4 aromatic carbocycles. The molecule has 6 rings (SSSR count). The van der Waals surface area contributed by atoms with Crippen molar-refractivity contribution in [3.05, 3.63) is 114 Å². The minimum Gasteiger partial charge on any atom is -0.273 e. The van der Waals surface area contributed by atoms with E-state index in [-0.39, 0.29) is 23.7 Å². The van der Waals surface area contributed by atoms with Crippen molar-refractivity contribution in [1.82, 2.24) is 31.1 Å². The molecule has 5 aromatic rings. The zero-order valence-electron chi connectivity index (χ0n) is 19.9. The first-order valence-corrected chi connectivity index (χ1v) is 12.1. The fourth-order valence-corrected chi connectivity index (χ4v) is 4.51. The maximum atomic E-state index is 12.6. The van der Waals surface area contributed by atoms with E-state index in [1.54, 1.807) is 12.1 Å².